The van der Waals surface area contributed by atoms with Crippen molar-refractivity contribution in [2.24, 2.45) is 0 Å². The summed E-state index contributed by atoms with van der Waals surface area (Å²) >= 11 is 5.97. The molecule has 4 rings (SSSR count). The fraction of sp³-hybridized carbons (Fsp3) is 0.320. The Bertz CT molecular complexity index is 965. The van der Waals surface area contributed by atoms with Gasteiger partial charge in [0.1, 0.15) is 12.4 Å². The summed E-state index contributed by atoms with van der Waals surface area (Å²) in [5, 5.41) is 11.0. The van der Waals surface area contributed by atoms with E-state index in [1.807, 2.05) is 60.8 Å². The van der Waals surface area contributed by atoms with Crippen molar-refractivity contribution in [2.75, 3.05) is 26.2 Å². The highest BCUT2D eigenvalue weighted by Crippen LogP contribution is 2.31. The van der Waals surface area contributed by atoms with E-state index in [1.165, 1.54) is 12.8 Å². The van der Waals surface area contributed by atoms with E-state index < -0.39 is 6.10 Å². The van der Waals surface area contributed by atoms with Gasteiger partial charge in [0.2, 0.25) is 0 Å². The van der Waals surface area contributed by atoms with Gasteiger partial charge in [-0.15, -0.1) is 0 Å². The maximum atomic E-state index is 10.3. The zero-order chi connectivity index (χ0) is 20.9. The third-order valence-electron chi connectivity index (χ3n) is 5.56. The molecule has 0 aliphatic carbocycles. The van der Waals surface area contributed by atoms with E-state index in [1.54, 1.807) is 6.92 Å². The first-order valence-corrected chi connectivity index (χ1v) is 10.9. The number of likely N-dealkylation sites (tertiary alicyclic amines) is 1. The molecule has 5 heteroatoms. The zero-order valence-electron chi connectivity index (χ0n) is 17.2. The Labute approximate surface area is 183 Å². The molecule has 30 heavy (non-hydrogen) atoms. The SMILES string of the molecule is CC(O)c1cc(-c2ccc(-c3ccc(Cl)cc3)cn2)ccc1OCCN1CCCC1. The quantitative estimate of drug-likeness (QED) is 0.538. The summed E-state index contributed by atoms with van der Waals surface area (Å²) in [4.78, 5) is 7.05. The number of rotatable bonds is 7. The number of hydrogen-bond acceptors (Lipinski definition) is 4. The van der Waals surface area contributed by atoms with E-state index in [9.17, 15) is 5.11 Å². The minimum absolute atomic E-state index is 0.611. The number of aromatic nitrogens is 1. The largest absolute Gasteiger partial charge is 0.492 e. The molecule has 0 radical (unpaired) electrons. The van der Waals surface area contributed by atoms with E-state index in [0.29, 0.717) is 6.61 Å². The summed E-state index contributed by atoms with van der Waals surface area (Å²) in [7, 11) is 0. The lowest BCUT2D eigenvalue weighted by Crippen LogP contribution is -2.25. The minimum atomic E-state index is -0.611. The molecule has 0 amide bonds. The standard InChI is InChI=1S/C25H27ClN2O2/c1-18(29)23-16-20(7-11-25(23)30-15-14-28-12-2-3-13-28)24-10-6-21(17-27-24)19-4-8-22(26)9-5-19/h4-11,16-18,29H,2-3,12-15H2,1H3. The third-order valence-corrected chi connectivity index (χ3v) is 5.81. The lowest BCUT2D eigenvalue weighted by atomic mass is 10.0. The summed E-state index contributed by atoms with van der Waals surface area (Å²) < 4.78 is 6.00. The monoisotopic (exact) mass is 422 g/mol. The molecule has 1 aromatic heterocycles. The van der Waals surface area contributed by atoms with Crippen LogP contribution in [0.5, 0.6) is 5.75 Å². The van der Waals surface area contributed by atoms with Gasteiger partial charge in [0.25, 0.3) is 0 Å². The highest BCUT2D eigenvalue weighted by molar-refractivity contribution is 6.30. The summed E-state index contributed by atoms with van der Waals surface area (Å²) in [6, 6.07) is 17.7. The summed E-state index contributed by atoms with van der Waals surface area (Å²) in [5.74, 6) is 0.741. The van der Waals surface area contributed by atoms with Crippen LogP contribution in [0.15, 0.2) is 60.8 Å². The smallest absolute Gasteiger partial charge is 0.125 e. The molecule has 3 aromatic rings. The van der Waals surface area contributed by atoms with E-state index in [4.69, 9.17) is 16.3 Å². The van der Waals surface area contributed by atoms with Crippen LogP contribution in [-0.4, -0.2) is 41.2 Å². The van der Waals surface area contributed by atoms with Crippen LogP contribution >= 0.6 is 11.6 Å². The molecular formula is C25H27ClN2O2. The Kier molecular flexibility index (Phi) is 6.68. The van der Waals surface area contributed by atoms with Gasteiger partial charge in [-0.05, 0) is 74.8 Å². The molecule has 1 saturated heterocycles. The molecule has 0 spiro atoms. The first-order chi connectivity index (χ1) is 14.6. The van der Waals surface area contributed by atoms with Crippen molar-refractivity contribution in [3.63, 3.8) is 0 Å². The number of aliphatic hydroxyl groups is 1. The van der Waals surface area contributed by atoms with Crippen LogP contribution in [0.1, 0.15) is 31.4 Å². The topological polar surface area (TPSA) is 45.6 Å². The molecule has 1 aliphatic rings. The Hall–Kier alpha value is -2.40. The molecule has 2 aromatic carbocycles. The number of aliphatic hydroxyl groups excluding tert-OH is 1. The van der Waals surface area contributed by atoms with Gasteiger partial charge in [-0.2, -0.15) is 0 Å². The van der Waals surface area contributed by atoms with Crippen LogP contribution < -0.4 is 4.74 Å². The molecule has 1 unspecified atom stereocenters. The molecule has 1 N–H and O–H groups in total. The lowest BCUT2D eigenvalue weighted by Gasteiger charge is -2.18. The van der Waals surface area contributed by atoms with E-state index in [0.717, 1.165) is 58.4 Å². The molecule has 1 fully saturated rings. The van der Waals surface area contributed by atoms with Crippen molar-refractivity contribution >= 4 is 11.6 Å². The summed E-state index contributed by atoms with van der Waals surface area (Å²) in [6.07, 6.45) is 3.80. The van der Waals surface area contributed by atoms with Gasteiger partial charge in [0.05, 0.1) is 11.8 Å². The molecule has 156 valence electrons. The fourth-order valence-electron chi connectivity index (χ4n) is 3.83. The predicted octanol–water partition coefficient (Wildman–Crippen LogP) is 5.60. The van der Waals surface area contributed by atoms with Gasteiger partial charge in [-0.1, -0.05) is 29.8 Å². The minimum Gasteiger partial charge on any atom is -0.492 e. The van der Waals surface area contributed by atoms with Gasteiger partial charge in [0.15, 0.2) is 0 Å². The Balaban J connectivity index is 1.49. The average molecular weight is 423 g/mol. The second-order valence-corrected chi connectivity index (χ2v) is 8.20. The van der Waals surface area contributed by atoms with Crippen LogP contribution in [0, 0.1) is 0 Å². The van der Waals surface area contributed by atoms with Crippen molar-refractivity contribution < 1.29 is 9.84 Å². The summed E-state index contributed by atoms with van der Waals surface area (Å²) in [6.45, 7) is 5.64. The van der Waals surface area contributed by atoms with Crippen molar-refractivity contribution in [3.05, 3.63) is 71.4 Å². The average Bonchev–Trinajstić information content (AvgIpc) is 3.28. The number of pyridine rings is 1. The number of hydrogen-bond donors (Lipinski definition) is 1. The maximum absolute atomic E-state index is 10.3. The van der Waals surface area contributed by atoms with Crippen LogP contribution in [-0.2, 0) is 0 Å². The van der Waals surface area contributed by atoms with Gasteiger partial charge >= 0.3 is 0 Å². The number of halogens is 1. The molecule has 0 bridgehead atoms. The Morgan fingerprint density at radius 2 is 1.70 bits per heavy atom. The second kappa shape index (κ2) is 9.61. The molecule has 1 atom stereocenters. The van der Waals surface area contributed by atoms with Gasteiger partial charge < -0.3 is 9.84 Å². The molecule has 4 nitrogen and oxygen atoms in total. The van der Waals surface area contributed by atoms with Gasteiger partial charge in [-0.25, -0.2) is 0 Å². The van der Waals surface area contributed by atoms with Gasteiger partial charge in [0, 0.05) is 34.5 Å². The number of ether oxygens (including phenoxy) is 1. The second-order valence-electron chi connectivity index (χ2n) is 7.76. The van der Waals surface area contributed by atoms with Crippen LogP contribution in [0.2, 0.25) is 5.02 Å². The zero-order valence-corrected chi connectivity index (χ0v) is 18.0. The maximum Gasteiger partial charge on any atom is 0.125 e. The van der Waals surface area contributed by atoms with Crippen LogP contribution in [0.25, 0.3) is 22.4 Å². The molecule has 2 heterocycles. The normalized spacial score (nSPS) is 15.3. The third kappa shape index (κ3) is 5.01. The van der Waals surface area contributed by atoms with E-state index >= 15 is 0 Å². The van der Waals surface area contributed by atoms with Crippen molar-refractivity contribution in [3.8, 4) is 28.1 Å². The highest BCUT2D eigenvalue weighted by atomic mass is 35.5. The molecular weight excluding hydrogens is 396 g/mol. The van der Waals surface area contributed by atoms with E-state index in [-0.39, 0.29) is 0 Å². The van der Waals surface area contributed by atoms with Crippen molar-refractivity contribution in [1.29, 1.82) is 0 Å². The van der Waals surface area contributed by atoms with Crippen molar-refractivity contribution in [1.82, 2.24) is 9.88 Å². The lowest BCUT2D eigenvalue weighted by molar-refractivity contribution is 0.186. The predicted molar refractivity (Wildman–Crippen MR) is 122 cm³/mol. The fourth-order valence-corrected chi connectivity index (χ4v) is 3.96. The van der Waals surface area contributed by atoms with Gasteiger partial charge in [-0.3, -0.25) is 9.88 Å². The Morgan fingerprint density at radius 3 is 2.37 bits per heavy atom. The number of benzene rings is 2. The first kappa shape index (κ1) is 20.9. The summed E-state index contributed by atoms with van der Waals surface area (Å²) in [5.41, 5.74) is 4.72. The van der Waals surface area contributed by atoms with Crippen LogP contribution in [0.3, 0.4) is 0 Å². The number of nitrogens with zero attached hydrogens (tertiary/aromatic N) is 2. The van der Waals surface area contributed by atoms with E-state index in [2.05, 4.69) is 9.88 Å². The molecule has 1 aliphatic heterocycles. The first-order valence-electron chi connectivity index (χ1n) is 10.5. The van der Waals surface area contributed by atoms with Crippen molar-refractivity contribution in [2.45, 2.75) is 25.9 Å². The molecule has 0 saturated carbocycles. The van der Waals surface area contributed by atoms with Crippen LogP contribution in [0.4, 0.5) is 0 Å². The Morgan fingerprint density at radius 1 is 1.00 bits per heavy atom. The highest BCUT2D eigenvalue weighted by Gasteiger charge is 2.14.